The SMILES string of the molecule is COc1ccc2c(c1)CCc1nc(NC(=O)CC(C)C)c(-c3cccs3)nc1-2. The van der Waals surface area contributed by atoms with Crippen LogP contribution in [0.3, 0.4) is 0 Å². The zero-order chi connectivity index (χ0) is 19.7. The summed E-state index contributed by atoms with van der Waals surface area (Å²) in [4.78, 5) is 23.2. The van der Waals surface area contributed by atoms with Gasteiger partial charge in [0.25, 0.3) is 0 Å². The molecule has 0 radical (unpaired) electrons. The molecule has 5 nitrogen and oxygen atoms in total. The third-order valence-electron chi connectivity index (χ3n) is 4.77. The fourth-order valence-electron chi connectivity index (χ4n) is 3.47. The van der Waals surface area contributed by atoms with Crippen LogP contribution in [-0.2, 0) is 17.6 Å². The van der Waals surface area contributed by atoms with E-state index in [1.807, 2.05) is 37.4 Å². The number of methoxy groups -OCH3 is 1. The monoisotopic (exact) mass is 393 g/mol. The van der Waals surface area contributed by atoms with E-state index < -0.39 is 0 Å². The summed E-state index contributed by atoms with van der Waals surface area (Å²) in [6.45, 7) is 4.06. The number of hydrogen-bond donors (Lipinski definition) is 1. The topological polar surface area (TPSA) is 64.1 Å². The van der Waals surface area contributed by atoms with Crippen molar-refractivity contribution in [1.29, 1.82) is 0 Å². The van der Waals surface area contributed by atoms with E-state index in [0.717, 1.165) is 46.1 Å². The van der Waals surface area contributed by atoms with Crippen molar-refractivity contribution >= 4 is 23.1 Å². The Morgan fingerprint density at radius 1 is 1.21 bits per heavy atom. The van der Waals surface area contributed by atoms with Crippen LogP contribution in [0.15, 0.2) is 35.7 Å². The molecule has 0 atom stereocenters. The molecule has 4 rings (SSSR count). The van der Waals surface area contributed by atoms with E-state index in [1.165, 1.54) is 5.56 Å². The van der Waals surface area contributed by atoms with Crippen molar-refractivity contribution in [2.75, 3.05) is 12.4 Å². The third kappa shape index (κ3) is 3.64. The van der Waals surface area contributed by atoms with Crippen LogP contribution in [-0.4, -0.2) is 23.0 Å². The molecule has 6 heteroatoms. The second kappa shape index (κ2) is 7.72. The van der Waals surface area contributed by atoms with Crippen molar-refractivity contribution < 1.29 is 9.53 Å². The number of fused-ring (bicyclic) bond motifs is 3. The van der Waals surface area contributed by atoms with E-state index in [-0.39, 0.29) is 11.8 Å². The van der Waals surface area contributed by atoms with E-state index in [4.69, 9.17) is 14.7 Å². The molecule has 1 aliphatic carbocycles. The molecule has 28 heavy (non-hydrogen) atoms. The number of ether oxygens (including phenoxy) is 1. The number of carbonyl (C=O) groups excluding carboxylic acids is 1. The summed E-state index contributed by atoms with van der Waals surface area (Å²) < 4.78 is 5.36. The minimum atomic E-state index is -0.0250. The molecule has 0 spiro atoms. The van der Waals surface area contributed by atoms with Crippen LogP contribution in [0.25, 0.3) is 21.8 Å². The highest BCUT2D eigenvalue weighted by Crippen LogP contribution is 2.38. The van der Waals surface area contributed by atoms with Gasteiger partial charge < -0.3 is 10.1 Å². The molecule has 144 valence electrons. The smallest absolute Gasteiger partial charge is 0.225 e. The first-order chi connectivity index (χ1) is 13.5. The van der Waals surface area contributed by atoms with Crippen LogP contribution in [0.1, 0.15) is 31.5 Å². The third-order valence-corrected chi connectivity index (χ3v) is 5.65. The van der Waals surface area contributed by atoms with Crippen LogP contribution < -0.4 is 10.1 Å². The normalized spacial score (nSPS) is 12.4. The van der Waals surface area contributed by atoms with Crippen molar-refractivity contribution in [2.45, 2.75) is 33.1 Å². The number of hydrogen-bond acceptors (Lipinski definition) is 5. The standard InChI is InChI=1S/C22H23N3O2S/c1-13(2)11-19(26)24-22-21(18-5-4-10-28-18)25-20-16-8-7-15(27-3)12-14(16)6-9-17(20)23-22/h4-5,7-8,10,12-13H,6,9,11H2,1-3H3,(H,23,24,26). The Morgan fingerprint density at radius 2 is 2.07 bits per heavy atom. The van der Waals surface area contributed by atoms with Gasteiger partial charge in [-0.05, 0) is 54.0 Å². The van der Waals surface area contributed by atoms with Gasteiger partial charge in [0.15, 0.2) is 5.82 Å². The molecule has 1 amide bonds. The van der Waals surface area contributed by atoms with Gasteiger partial charge in [-0.1, -0.05) is 19.9 Å². The van der Waals surface area contributed by atoms with E-state index in [9.17, 15) is 4.79 Å². The lowest BCUT2D eigenvalue weighted by Crippen LogP contribution is -2.18. The highest BCUT2D eigenvalue weighted by molar-refractivity contribution is 7.13. The molecule has 0 saturated carbocycles. The van der Waals surface area contributed by atoms with E-state index in [2.05, 4.69) is 17.4 Å². The summed E-state index contributed by atoms with van der Waals surface area (Å²) in [5.74, 6) is 1.68. The number of anilines is 1. The van der Waals surface area contributed by atoms with Crippen molar-refractivity contribution in [1.82, 2.24) is 9.97 Å². The highest BCUT2D eigenvalue weighted by Gasteiger charge is 2.24. The van der Waals surface area contributed by atoms with Gasteiger partial charge in [-0.15, -0.1) is 11.3 Å². The molecular weight excluding hydrogens is 370 g/mol. The van der Waals surface area contributed by atoms with Gasteiger partial charge in [0.05, 0.1) is 23.4 Å². The van der Waals surface area contributed by atoms with Gasteiger partial charge in [-0.25, -0.2) is 9.97 Å². The lowest BCUT2D eigenvalue weighted by molar-refractivity contribution is -0.116. The molecule has 0 saturated heterocycles. The van der Waals surface area contributed by atoms with Crippen LogP contribution in [0.5, 0.6) is 5.75 Å². The Labute approximate surface area is 168 Å². The maximum Gasteiger partial charge on any atom is 0.225 e. The Bertz CT molecular complexity index is 1010. The van der Waals surface area contributed by atoms with Gasteiger partial charge in [0, 0.05) is 12.0 Å². The van der Waals surface area contributed by atoms with E-state index >= 15 is 0 Å². The molecule has 0 aliphatic heterocycles. The maximum absolute atomic E-state index is 12.4. The predicted molar refractivity (Wildman–Crippen MR) is 113 cm³/mol. The second-order valence-electron chi connectivity index (χ2n) is 7.36. The first-order valence-electron chi connectivity index (χ1n) is 9.47. The number of carbonyl (C=O) groups is 1. The van der Waals surface area contributed by atoms with Gasteiger partial charge >= 0.3 is 0 Å². The molecule has 0 fully saturated rings. The number of aryl methyl sites for hydroxylation is 2. The molecule has 2 heterocycles. The molecule has 1 N–H and O–H groups in total. The Kier molecular flexibility index (Phi) is 5.13. The first kappa shape index (κ1) is 18.6. The fourth-order valence-corrected chi connectivity index (χ4v) is 4.19. The molecule has 1 aliphatic rings. The summed E-state index contributed by atoms with van der Waals surface area (Å²) in [6, 6.07) is 10.1. The van der Waals surface area contributed by atoms with Crippen LogP contribution in [0, 0.1) is 5.92 Å². The zero-order valence-electron chi connectivity index (χ0n) is 16.3. The number of rotatable bonds is 5. The molecule has 0 bridgehead atoms. The van der Waals surface area contributed by atoms with Gasteiger partial charge in [-0.3, -0.25) is 4.79 Å². The van der Waals surface area contributed by atoms with Gasteiger partial charge in [0.2, 0.25) is 5.91 Å². The van der Waals surface area contributed by atoms with E-state index in [0.29, 0.717) is 12.2 Å². The average molecular weight is 394 g/mol. The average Bonchev–Trinajstić information content (AvgIpc) is 3.20. The van der Waals surface area contributed by atoms with E-state index in [1.54, 1.807) is 18.4 Å². The number of nitrogens with zero attached hydrogens (tertiary/aromatic N) is 2. The summed E-state index contributed by atoms with van der Waals surface area (Å²) in [5, 5.41) is 5.01. The van der Waals surface area contributed by atoms with Gasteiger partial charge in [0.1, 0.15) is 11.4 Å². The van der Waals surface area contributed by atoms with Crippen molar-refractivity contribution in [3.05, 3.63) is 47.0 Å². The summed E-state index contributed by atoms with van der Waals surface area (Å²) in [5.41, 5.74) is 4.86. The minimum absolute atomic E-state index is 0.0250. The summed E-state index contributed by atoms with van der Waals surface area (Å²) in [7, 11) is 1.68. The van der Waals surface area contributed by atoms with Gasteiger partial charge in [-0.2, -0.15) is 0 Å². The lowest BCUT2D eigenvalue weighted by atomic mass is 9.91. The molecular formula is C22H23N3O2S. The predicted octanol–water partition coefficient (Wildman–Crippen LogP) is 4.96. The Hall–Kier alpha value is -2.73. The number of aromatic nitrogens is 2. The lowest BCUT2D eigenvalue weighted by Gasteiger charge is -2.21. The van der Waals surface area contributed by atoms with Crippen molar-refractivity contribution in [2.24, 2.45) is 5.92 Å². The fraction of sp³-hybridized carbons (Fsp3) is 0.318. The minimum Gasteiger partial charge on any atom is -0.497 e. The summed E-state index contributed by atoms with van der Waals surface area (Å²) >= 11 is 1.60. The molecule has 0 unspecified atom stereocenters. The Balaban J connectivity index is 1.80. The van der Waals surface area contributed by atoms with Crippen molar-refractivity contribution in [3.8, 4) is 27.6 Å². The maximum atomic E-state index is 12.4. The molecule has 2 aromatic heterocycles. The number of thiophene rings is 1. The largest absolute Gasteiger partial charge is 0.497 e. The quantitative estimate of drug-likeness (QED) is 0.665. The first-order valence-corrected chi connectivity index (χ1v) is 10.3. The number of nitrogens with one attached hydrogen (secondary N) is 1. The Morgan fingerprint density at radius 3 is 2.79 bits per heavy atom. The zero-order valence-corrected chi connectivity index (χ0v) is 17.1. The summed E-state index contributed by atoms with van der Waals surface area (Å²) in [6.07, 6.45) is 2.14. The highest BCUT2D eigenvalue weighted by atomic mass is 32.1. The van der Waals surface area contributed by atoms with Crippen LogP contribution >= 0.6 is 11.3 Å². The number of benzene rings is 1. The van der Waals surface area contributed by atoms with Crippen LogP contribution in [0.4, 0.5) is 5.82 Å². The molecule has 3 aromatic rings. The van der Waals surface area contributed by atoms with Crippen molar-refractivity contribution in [3.63, 3.8) is 0 Å². The molecule has 1 aromatic carbocycles. The second-order valence-corrected chi connectivity index (χ2v) is 8.31. The number of amides is 1. The van der Waals surface area contributed by atoms with Crippen LogP contribution in [0.2, 0.25) is 0 Å².